The quantitative estimate of drug-likeness (QED) is 0.201. The summed E-state index contributed by atoms with van der Waals surface area (Å²) < 4.78 is 62.6. The molecule has 0 unspecified atom stereocenters. The molecule has 0 fully saturated rings. The van der Waals surface area contributed by atoms with E-state index in [1.54, 1.807) is 0 Å². The van der Waals surface area contributed by atoms with Crippen molar-refractivity contribution in [1.29, 1.82) is 0 Å². The third kappa shape index (κ3) is 4.84. The second-order valence-electron chi connectivity index (χ2n) is 7.37. The fourth-order valence-electron chi connectivity index (χ4n) is 3.51. The van der Waals surface area contributed by atoms with Gasteiger partial charge in [-0.05, 0) is 48.0 Å². The maximum absolute atomic E-state index is 14.0. The van der Waals surface area contributed by atoms with Gasteiger partial charge in [-0.25, -0.2) is 4.79 Å². The number of hydrogen-bond acceptors (Lipinski definition) is 6. The first-order valence-corrected chi connectivity index (χ1v) is 10.9. The average Bonchev–Trinajstić information content (AvgIpc) is 2.82. The second-order valence-corrected chi connectivity index (χ2v) is 8.22. The third-order valence-electron chi connectivity index (χ3n) is 5.16. The first kappa shape index (κ1) is 25.4. The van der Waals surface area contributed by atoms with Crippen molar-refractivity contribution in [2.24, 2.45) is 0 Å². The van der Waals surface area contributed by atoms with Gasteiger partial charge in [-0.15, -0.1) is 0 Å². The Hall–Kier alpha value is -3.69. The van der Waals surface area contributed by atoms with E-state index in [1.165, 1.54) is 62.8 Å². The molecule has 0 N–H and O–H groups in total. The lowest BCUT2D eigenvalue weighted by Crippen LogP contribution is -2.16. The molecule has 0 amide bonds. The number of fused-ring (bicyclic) bond motifs is 1. The molecule has 0 spiro atoms. The predicted molar refractivity (Wildman–Crippen MR) is 127 cm³/mol. The standard InChI is InChI=1S/C25H15Cl2F3O6/c1-33-18-8-3-12(9-20(18)34-2)21-22(31)16-7-5-14(11-19(16)36-23(21)25(28,29)30)35-24(32)15-6-4-13(26)10-17(15)27/h3-11H,1-2H3. The molecule has 0 bridgehead atoms. The molecule has 36 heavy (non-hydrogen) atoms. The van der Waals surface area contributed by atoms with Crippen LogP contribution in [0.2, 0.25) is 10.0 Å². The van der Waals surface area contributed by atoms with E-state index in [1.807, 2.05) is 0 Å². The largest absolute Gasteiger partial charge is 0.493 e. The van der Waals surface area contributed by atoms with Crippen molar-refractivity contribution in [2.45, 2.75) is 6.18 Å². The highest BCUT2D eigenvalue weighted by Gasteiger charge is 2.39. The molecule has 1 aromatic heterocycles. The normalized spacial score (nSPS) is 11.4. The molecule has 0 aliphatic heterocycles. The molecule has 11 heteroatoms. The molecule has 0 atom stereocenters. The van der Waals surface area contributed by atoms with Crippen LogP contribution >= 0.6 is 23.2 Å². The van der Waals surface area contributed by atoms with Crippen molar-refractivity contribution >= 4 is 40.1 Å². The Morgan fingerprint density at radius 1 is 0.917 bits per heavy atom. The zero-order valence-electron chi connectivity index (χ0n) is 18.5. The van der Waals surface area contributed by atoms with Gasteiger partial charge in [0.05, 0.1) is 35.8 Å². The highest BCUT2D eigenvalue weighted by atomic mass is 35.5. The molecule has 0 aliphatic rings. The zero-order chi connectivity index (χ0) is 26.2. The lowest BCUT2D eigenvalue weighted by Gasteiger charge is -2.15. The Morgan fingerprint density at radius 2 is 1.64 bits per heavy atom. The Labute approximate surface area is 211 Å². The fourth-order valence-corrected chi connectivity index (χ4v) is 3.99. The Kier molecular flexibility index (Phi) is 6.88. The van der Waals surface area contributed by atoms with E-state index < -0.39 is 34.5 Å². The first-order valence-electron chi connectivity index (χ1n) is 10.1. The van der Waals surface area contributed by atoms with Crippen LogP contribution in [0.3, 0.4) is 0 Å². The zero-order valence-corrected chi connectivity index (χ0v) is 20.0. The molecule has 3 aromatic carbocycles. The molecular formula is C25H15Cl2F3O6. The number of benzene rings is 3. The molecule has 0 aliphatic carbocycles. The van der Waals surface area contributed by atoms with Gasteiger partial charge in [0.1, 0.15) is 11.3 Å². The van der Waals surface area contributed by atoms with Gasteiger partial charge < -0.3 is 18.6 Å². The monoisotopic (exact) mass is 538 g/mol. The summed E-state index contributed by atoms with van der Waals surface area (Å²) >= 11 is 11.8. The number of methoxy groups -OCH3 is 2. The van der Waals surface area contributed by atoms with E-state index in [9.17, 15) is 22.8 Å². The molecule has 0 saturated carbocycles. The van der Waals surface area contributed by atoms with E-state index in [4.69, 9.17) is 41.8 Å². The summed E-state index contributed by atoms with van der Waals surface area (Å²) in [4.78, 5) is 25.7. The van der Waals surface area contributed by atoms with Crippen LogP contribution in [-0.4, -0.2) is 20.2 Å². The third-order valence-corrected chi connectivity index (χ3v) is 5.70. The summed E-state index contributed by atoms with van der Waals surface area (Å²) in [5, 5.41) is 0.171. The lowest BCUT2D eigenvalue weighted by molar-refractivity contribution is -0.152. The fraction of sp³-hybridized carbons (Fsp3) is 0.120. The summed E-state index contributed by atoms with van der Waals surface area (Å²) in [5.74, 6) is -2.15. The summed E-state index contributed by atoms with van der Waals surface area (Å²) in [6.45, 7) is 0. The van der Waals surface area contributed by atoms with Crippen LogP contribution in [-0.2, 0) is 6.18 Å². The minimum Gasteiger partial charge on any atom is -0.493 e. The van der Waals surface area contributed by atoms with E-state index in [2.05, 4.69) is 0 Å². The van der Waals surface area contributed by atoms with Crippen LogP contribution in [0, 0.1) is 0 Å². The van der Waals surface area contributed by atoms with Gasteiger partial charge in [-0.1, -0.05) is 29.3 Å². The van der Waals surface area contributed by atoms with Gasteiger partial charge in [0.2, 0.25) is 11.2 Å². The molecule has 0 saturated heterocycles. The second kappa shape index (κ2) is 9.75. The van der Waals surface area contributed by atoms with E-state index in [0.29, 0.717) is 5.02 Å². The van der Waals surface area contributed by atoms with Gasteiger partial charge in [0.25, 0.3) is 0 Å². The van der Waals surface area contributed by atoms with Gasteiger partial charge in [0.15, 0.2) is 11.5 Å². The number of esters is 1. The number of rotatable bonds is 5. The maximum Gasteiger partial charge on any atom is 0.450 e. The Bertz CT molecular complexity index is 1550. The van der Waals surface area contributed by atoms with Crippen LogP contribution in [0.25, 0.3) is 22.1 Å². The number of halogens is 5. The molecule has 4 rings (SSSR count). The van der Waals surface area contributed by atoms with E-state index >= 15 is 0 Å². The van der Waals surface area contributed by atoms with Crippen molar-refractivity contribution in [1.82, 2.24) is 0 Å². The topological polar surface area (TPSA) is 75.0 Å². The summed E-state index contributed by atoms with van der Waals surface area (Å²) in [5.41, 5.74) is -2.15. The number of carbonyl (C=O) groups is 1. The minimum atomic E-state index is -5.01. The molecule has 6 nitrogen and oxygen atoms in total. The predicted octanol–water partition coefficient (Wildman–Crippen LogP) is 7.02. The summed E-state index contributed by atoms with van der Waals surface area (Å²) in [6, 6.07) is 11.5. The Morgan fingerprint density at radius 3 is 2.28 bits per heavy atom. The van der Waals surface area contributed by atoms with Crippen LogP contribution in [0.5, 0.6) is 17.2 Å². The molecule has 4 aromatic rings. The van der Waals surface area contributed by atoms with Crippen molar-refractivity contribution < 1.29 is 36.6 Å². The SMILES string of the molecule is COc1ccc(-c2c(C(F)(F)F)oc3cc(OC(=O)c4ccc(Cl)cc4Cl)ccc3c2=O)cc1OC. The number of ether oxygens (including phenoxy) is 3. The maximum atomic E-state index is 14.0. The van der Waals surface area contributed by atoms with Gasteiger partial charge in [-0.3, -0.25) is 4.79 Å². The van der Waals surface area contributed by atoms with Crippen molar-refractivity contribution in [2.75, 3.05) is 14.2 Å². The van der Waals surface area contributed by atoms with Crippen LogP contribution in [0.4, 0.5) is 13.2 Å². The van der Waals surface area contributed by atoms with Crippen molar-refractivity contribution in [3.8, 4) is 28.4 Å². The van der Waals surface area contributed by atoms with Gasteiger partial charge >= 0.3 is 12.1 Å². The number of carbonyl (C=O) groups excluding carboxylic acids is 1. The molecule has 0 radical (unpaired) electrons. The van der Waals surface area contributed by atoms with Crippen molar-refractivity contribution in [3.63, 3.8) is 0 Å². The molecule has 186 valence electrons. The molecular weight excluding hydrogens is 524 g/mol. The van der Waals surface area contributed by atoms with Crippen LogP contribution in [0.15, 0.2) is 63.8 Å². The first-order chi connectivity index (χ1) is 17.0. The van der Waals surface area contributed by atoms with Gasteiger partial charge in [0, 0.05) is 11.1 Å². The van der Waals surface area contributed by atoms with Crippen molar-refractivity contribution in [3.05, 3.63) is 86.2 Å². The van der Waals surface area contributed by atoms with E-state index in [0.717, 1.165) is 6.07 Å². The lowest BCUT2D eigenvalue weighted by atomic mass is 10.0. The minimum absolute atomic E-state index is 0.0117. The molecule has 1 heterocycles. The van der Waals surface area contributed by atoms with Gasteiger partial charge in [-0.2, -0.15) is 13.2 Å². The highest BCUT2D eigenvalue weighted by Crippen LogP contribution is 2.40. The number of alkyl halides is 3. The van der Waals surface area contributed by atoms with Crippen LogP contribution in [0.1, 0.15) is 16.1 Å². The average molecular weight is 539 g/mol. The highest BCUT2D eigenvalue weighted by molar-refractivity contribution is 6.36. The van der Waals surface area contributed by atoms with E-state index in [-0.39, 0.29) is 38.8 Å². The number of hydrogen-bond donors (Lipinski definition) is 0. The summed E-state index contributed by atoms with van der Waals surface area (Å²) in [7, 11) is 2.68. The Balaban J connectivity index is 1.83. The van der Waals surface area contributed by atoms with Crippen LogP contribution < -0.4 is 19.6 Å². The smallest absolute Gasteiger partial charge is 0.450 e. The summed E-state index contributed by atoms with van der Waals surface area (Å²) in [6.07, 6.45) is -5.01.